The Kier molecular flexibility index (Phi) is 4.03. The minimum absolute atomic E-state index is 0.145. The molecule has 20 heavy (non-hydrogen) atoms. The molecular formula is C16H16O4. The summed E-state index contributed by atoms with van der Waals surface area (Å²) in [4.78, 5) is 23.7. The lowest BCUT2D eigenvalue weighted by atomic mass is 10.1. The van der Waals surface area contributed by atoms with Crippen molar-refractivity contribution in [1.29, 1.82) is 0 Å². The van der Waals surface area contributed by atoms with E-state index >= 15 is 0 Å². The van der Waals surface area contributed by atoms with Crippen LogP contribution in [0.3, 0.4) is 0 Å². The van der Waals surface area contributed by atoms with E-state index < -0.39 is 5.97 Å². The van der Waals surface area contributed by atoms with E-state index in [0.29, 0.717) is 28.9 Å². The molecule has 0 amide bonds. The van der Waals surface area contributed by atoms with E-state index in [9.17, 15) is 9.59 Å². The average molecular weight is 272 g/mol. The molecule has 1 aromatic heterocycles. The Morgan fingerprint density at radius 1 is 1.35 bits per heavy atom. The smallest absolute Gasteiger partial charge is 0.330 e. The highest BCUT2D eigenvalue weighted by atomic mass is 16.5. The first kappa shape index (κ1) is 14.1. The SMILES string of the molecule is CCOC(=O)/C=C/c1c(C)oc2ccc(C)cc2c1=O. The third kappa shape index (κ3) is 2.79. The van der Waals surface area contributed by atoms with Crippen LogP contribution in [0, 0.1) is 13.8 Å². The molecule has 0 bridgehead atoms. The third-order valence-corrected chi connectivity index (χ3v) is 2.94. The van der Waals surface area contributed by atoms with Crippen molar-refractivity contribution in [2.75, 3.05) is 6.61 Å². The topological polar surface area (TPSA) is 56.5 Å². The van der Waals surface area contributed by atoms with E-state index in [-0.39, 0.29) is 5.43 Å². The highest BCUT2D eigenvalue weighted by Crippen LogP contribution is 2.17. The molecule has 0 spiro atoms. The van der Waals surface area contributed by atoms with E-state index in [4.69, 9.17) is 9.15 Å². The molecule has 0 atom stereocenters. The van der Waals surface area contributed by atoms with Crippen molar-refractivity contribution < 1.29 is 13.9 Å². The second kappa shape index (κ2) is 5.74. The number of aryl methyl sites for hydroxylation is 2. The van der Waals surface area contributed by atoms with E-state index in [0.717, 1.165) is 5.56 Å². The molecule has 1 heterocycles. The second-order valence-corrected chi connectivity index (χ2v) is 4.49. The van der Waals surface area contributed by atoms with Crippen LogP contribution in [0.4, 0.5) is 0 Å². The fraction of sp³-hybridized carbons (Fsp3) is 0.250. The van der Waals surface area contributed by atoms with Gasteiger partial charge >= 0.3 is 5.97 Å². The van der Waals surface area contributed by atoms with Gasteiger partial charge in [-0.25, -0.2) is 4.79 Å². The fourth-order valence-corrected chi connectivity index (χ4v) is 1.97. The number of carbonyl (C=O) groups excluding carboxylic acids is 1. The largest absolute Gasteiger partial charge is 0.463 e. The van der Waals surface area contributed by atoms with Gasteiger partial charge in [0.25, 0.3) is 0 Å². The van der Waals surface area contributed by atoms with Gasteiger partial charge < -0.3 is 9.15 Å². The van der Waals surface area contributed by atoms with E-state index in [1.807, 2.05) is 13.0 Å². The molecule has 1 aromatic carbocycles. The van der Waals surface area contributed by atoms with Gasteiger partial charge in [-0.3, -0.25) is 4.79 Å². The zero-order valence-electron chi connectivity index (χ0n) is 11.7. The minimum Gasteiger partial charge on any atom is -0.463 e. The summed E-state index contributed by atoms with van der Waals surface area (Å²) in [5.74, 6) is 0.00235. The fourth-order valence-electron chi connectivity index (χ4n) is 1.97. The van der Waals surface area contributed by atoms with Gasteiger partial charge in [-0.05, 0) is 39.0 Å². The molecule has 0 aliphatic rings. The first-order valence-electron chi connectivity index (χ1n) is 6.42. The summed E-state index contributed by atoms with van der Waals surface area (Å²) in [6.07, 6.45) is 2.69. The van der Waals surface area contributed by atoms with Crippen LogP contribution >= 0.6 is 0 Å². The Labute approximate surface area is 116 Å². The third-order valence-electron chi connectivity index (χ3n) is 2.94. The number of ether oxygens (including phenoxy) is 1. The van der Waals surface area contributed by atoms with Crippen LogP contribution in [0.5, 0.6) is 0 Å². The van der Waals surface area contributed by atoms with Gasteiger partial charge in [-0.1, -0.05) is 11.6 Å². The van der Waals surface area contributed by atoms with Crippen LogP contribution in [0.15, 0.2) is 33.5 Å². The molecule has 2 aromatic rings. The van der Waals surface area contributed by atoms with Gasteiger partial charge in [0.2, 0.25) is 0 Å². The molecule has 0 N–H and O–H groups in total. The normalized spacial score (nSPS) is 11.2. The van der Waals surface area contributed by atoms with Gasteiger partial charge in [-0.2, -0.15) is 0 Å². The Hall–Kier alpha value is -2.36. The molecule has 2 rings (SSSR count). The lowest BCUT2D eigenvalue weighted by molar-refractivity contribution is -0.137. The summed E-state index contributed by atoms with van der Waals surface area (Å²) in [6, 6.07) is 5.44. The van der Waals surface area contributed by atoms with Crippen LogP contribution in [0.1, 0.15) is 23.8 Å². The van der Waals surface area contributed by atoms with Gasteiger partial charge in [-0.15, -0.1) is 0 Å². The number of benzene rings is 1. The summed E-state index contributed by atoms with van der Waals surface area (Å²) < 4.78 is 10.4. The van der Waals surface area contributed by atoms with Gasteiger partial charge in [0.1, 0.15) is 11.3 Å². The Morgan fingerprint density at radius 2 is 2.10 bits per heavy atom. The lowest BCUT2D eigenvalue weighted by Crippen LogP contribution is -2.08. The molecule has 0 unspecified atom stereocenters. The molecule has 0 fully saturated rings. The summed E-state index contributed by atoms with van der Waals surface area (Å²) in [5, 5.41) is 0.513. The van der Waals surface area contributed by atoms with Crippen molar-refractivity contribution in [2.24, 2.45) is 0 Å². The number of fused-ring (bicyclic) bond motifs is 1. The molecule has 0 saturated heterocycles. The number of hydrogen-bond acceptors (Lipinski definition) is 4. The highest BCUT2D eigenvalue weighted by Gasteiger charge is 2.09. The van der Waals surface area contributed by atoms with Crippen molar-refractivity contribution in [3.63, 3.8) is 0 Å². The first-order valence-corrected chi connectivity index (χ1v) is 6.42. The van der Waals surface area contributed by atoms with Crippen molar-refractivity contribution >= 4 is 23.0 Å². The maximum absolute atomic E-state index is 12.4. The number of esters is 1. The zero-order valence-corrected chi connectivity index (χ0v) is 11.7. The van der Waals surface area contributed by atoms with Crippen LogP contribution < -0.4 is 5.43 Å². The minimum atomic E-state index is -0.476. The Morgan fingerprint density at radius 3 is 2.80 bits per heavy atom. The van der Waals surface area contributed by atoms with E-state index in [1.54, 1.807) is 26.0 Å². The summed E-state index contributed by atoms with van der Waals surface area (Å²) in [7, 11) is 0. The van der Waals surface area contributed by atoms with E-state index in [1.165, 1.54) is 12.2 Å². The van der Waals surface area contributed by atoms with Crippen LogP contribution in [0.25, 0.3) is 17.0 Å². The van der Waals surface area contributed by atoms with Crippen LogP contribution in [-0.4, -0.2) is 12.6 Å². The van der Waals surface area contributed by atoms with Crippen LogP contribution in [-0.2, 0) is 9.53 Å². The molecule has 0 radical (unpaired) electrons. The van der Waals surface area contributed by atoms with Crippen molar-refractivity contribution in [3.05, 3.63) is 51.4 Å². The van der Waals surface area contributed by atoms with E-state index in [2.05, 4.69) is 0 Å². The molecule has 0 saturated carbocycles. The number of hydrogen-bond donors (Lipinski definition) is 0. The van der Waals surface area contributed by atoms with Gasteiger partial charge in [0, 0.05) is 6.08 Å². The average Bonchev–Trinajstić information content (AvgIpc) is 2.40. The standard InChI is InChI=1S/C16H16O4/c1-4-19-15(17)8-6-12-11(3)20-14-7-5-10(2)9-13(14)16(12)18/h5-9H,4H2,1-3H3/b8-6+. The maximum Gasteiger partial charge on any atom is 0.330 e. The quantitative estimate of drug-likeness (QED) is 0.636. The van der Waals surface area contributed by atoms with Gasteiger partial charge in [0.15, 0.2) is 5.43 Å². The molecular weight excluding hydrogens is 256 g/mol. The lowest BCUT2D eigenvalue weighted by Gasteiger charge is -2.04. The summed E-state index contributed by atoms with van der Waals surface area (Å²) in [5.41, 5.74) is 1.75. The molecule has 0 aliphatic heterocycles. The Balaban J connectivity index is 2.54. The summed E-state index contributed by atoms with van der Waals surface area (Å²) in [6.45, 7) is 5.64. The molecule has 4 nitrogen and oxygen atoms in total. The number of rotatable bonds is 3. The molecule has 104 valence electrons. The van der Waals surface area contributed by atoms with Gasteiger partial charge in [0.05, 0.1) is 17.6 Å². The predicted molar refractivity (Wildman–Crippen MR) is 77.6 cm³/mol. The Bertz CT molecular complexity index is 738. The number of carbonyl (C=O) groups is 1. The first-order chi connectivity index (χ1) is 9.52. The zero-order chi connectivity index (χ0) is 14.7. The second-order valence-electron chi connectivity index (χ2n) is 4.49. The summed E-state index contributed by atoms with van der Waals surface area (Å²) >= 11 is 0. The van der Waals surface area contributed by atoms with Crippen molar-refractivity contribution in [1.82, 2.24) is 0 Å². The van der Waals surface area contributed by atoms with Crippen molar-refractivity contribution in [3.8, 4) is 0 Å². The molecule has 4 heteroatoms. The highest BCUT2D eigenvalue weighted by molar-refractivity contribution is 5.88. The maximum atomic E-state index is 12.4. The van der Waals surface area contributed by atoms with Crippen molar-refractivity contribution in [2.45, 2.75) is 20.8 Å². The predicted octanol–water partition coefficient (Wildman–Crippen LogP) is 2.99. The monoisotopic (exact) mass is 272 g/mol. The van der Waals surface area contributed by atoms with Crippen LogP contribution in [0.2, 0.25) is 0 Å². The molecule has 0 aliphatic carbocycles.